The maximum absolute atomic E-state index is 12.2. The Morgan fingerprint density at radius 2 is 2.33 bits per heavy atom. The molecule has 18 heavy (non-hydrogen) atoms. The van der Waals surface area contributed by atoms with Gasteiger partial charge in [0.25, 0.3) is 0 Å². The minimum absolute atomic E-state index is 0.201. The Balaban J connectivity index is 1.96. The highest BCUT2D eigenvalue weighted by molar-refractivity contribution is 9.10. The van der Waals surface area contributed by atoms with Gasteiger partial charge >= 0.3 is 0 Å². The van der Waals surface area contributed by atoms with Gasteiger partial charge in [-0.25, -0.2) is 0 Å². The minimum atomic E-state index is 0.201. The van der Waals surface area contributed by atoms with Gasteiger partial charge in [0.05, 0.1) is 6.42 Å². The summed E-state index contributed by atoms with van der Waals surface area (Å²) in [6.45, 7) is 3.69. The van der Waals surface area contributed by atoms with Gasteiger partial charge < -0.3 is 10.6 Å². The molecule has 0 spiro atoms. The topological polar surface area (TPSA) is 46.3 Å². The van der Waals surface area contributed by atoms with Crippen LogP contribution in [0.25, 0.3) is 0 Å². The number of hydrogen-bond donors (Lipinski definition) is 1. The van der Waals surface area contributed by atoms with Crippen molar-refractivity contribution in [1.82, 2.24) is 4.90 Å². The second-order valence-corrected chi connectivity index (χ2v) is 5.99. The number of rotatable bonds is 2. The number of nitrogens with zero attached hydrogens (tertiary/aromatic N) is 1. The lowest BCUT2D eigenvalue weighted by molar-refractivity contribution is -0.132. The van der Waals surface area contributed by atoms with Crippen molar-refractivity contribution in [3.8, 4) is 0 Å². The van der Waals surface area contributed by atoms with Crippen molar-refractivity contribution in [3.05, 3.63) is 34.3 Å². The van der Waals surface area contributed by atoms with E-state index in [4.69, 9.17) is 5.73 Å². The van der Waals surface area contributed by atoms with E-state index in [2.05, 4.69) is 22.9 Å². The lowest BCUT2D eigenvalue weighted by Gasteiger charge is -2.35. The summed E-state index contributed by atoms with van der Waals surface area (Å²) < 4.78 is 1.02. The number of likely N-dealkylation sites (tertiary alicyclic amines) is 1. The van der Waals surface area contributed by atoms with Crippen LogP contribution in [0, 0.1) is 5.92 Å². The molecule has 2 atom stereocenters. The molecule has 1 aromatic carbocycles. The molecule has 0 radical (unpaired) electrons. The molecule has 0 aromatic heterocycles. The lowest BCUT2D eigenvalue weighted by atomic mass is 9.94. The number of carbonyl (C=O) groups is 1. The summed E-state index contributed by atoms with van der Waals surface area (Å²) in [5.41, 5.74) is 7.02. The van der Waals surface area contributed by atoms with E-state index in [9.17, 15) is 4.79 Å². The quantitative estimate of drug-likeness (QED) is 0.910. The smallest absolute Gasteiger partial charge is 0.227 e. The Kier molecular flexibility index (Phi) is 4.40. The first kappa shape index (κ1) is 13.6. The van der Waals surface area contributed by atoms with Gasteiger partial charge in [0.1, 0.15) is 0 Å². The maximum atomic E-state index is 12.2. The first-order valence-corrected chi connectivity index (χ1v) is 7.13. The van der Waals surface area contributed by atoms with E-state index >= 15 is 0 Å². The molecule has 1 aliphatic heterocycles. The molecule has 3 nitrogen and oxygen atoms in total. The van der Waals surface area contributed by atoms with Gasteiger partial charge in [-0.15, -0.1) is 0 Å². The van der Waals surface area contributed by atoms with E-state index in [1.54, 1.807) is 0 Å². The number of amides is 1. The Morgan fingerprint density at radius 3 is 3.00 bits per heavy atom. The van der Waals surface area contributed by atoms with Gasteiger partial charge in [0.15, 0.2) is 0 Å². The summed E-state index contributed by atoms with van der Waals surface area (Å²) in [6, 6.07) is 8.15. The Morgan fingerprint density at radius 1 is 1.56 bits per heavy atom. The van der Waals surface area contributed by atoms with E-state index in [1.165, 1.54) is 0 Å². The van der Waals surface area contributed by atoms with E-state index < -0.39 is 0 Å². The summed E-state index contributed by atoms with van der Waals surface area (Å²) in [5, 5.41) is 0. The number of halogens is 1. The second kappa shape index (κ2) is 5.85. The SMILES string of the molecule is CC1CN(C(=O)Cc2cccc(Br)c2)CCC1N. The van der Waals surface area contributed by atoms with E-state index in [0.29, 0.717) is 12.3 Å². The summed E-state index contributed by atoms with van der Waals surface area (Å²) >= 11 is 3.42. The third-order valence-electron chi connectivity index (χ3n) is 3.57. The fourth-order valence-corrected chi connectivity index (χ4v) is 2.77. The van der Waals surface area contributed by atoms with Gasteiger partial charge in [0.2, 0.25) is 5.91 Å². The van der Waals surface area contributed by atoms with E-state index in [-0.39, 0.29) is 11.9 Å². The van der Waals surface area contributed by atoms with Crippen LogP contribution in [0.1, 0.15) is 18.9 Å². The summed E-state index contributed by atoms with van der Waals surface area (Å²) in [5.74, 6) is 0.594. The van der Waals surface area contributed by atoms with Gasteiger partial charge in [-0.3, -0.25) is 4.79 Å². The van der Waals surface area contributed by atoms with Crippen LogP contribution in [0.5, 0.6) is 0 Å². The molecule has 0 aliphatic carbocycles. The first-order chi connectivity index (χ1) is 8.56. The third kappa shape index (κ3) is 3.33. The van der Waals surface area contributed by atoms with Gasteiger partial charge in [0, 0.05) is 23.6 Å². The lowest BCUT2D eigenvalue weighted by Crippen LogP contribution is -2.48. The molecule has 0 bridgehead atoms. The zero-order valence-electron chi connectivity index (χ0n) is 10.6. The zero-order chi connectivity index (χ0) is 13.1. The van der Waals surface area contributed by atoms with Gasteiger partial charge in [-0.05, 0) is 30.0 Å². The number of carbonyl (C=O) groups excluding carboxylic acids is 1. The molecule has 98 valence electrons. The van der Waals surface area contributed by atoms with Crippen LogP contribution in [-0.4, -0.2) is 29.9 Å². The van der Waals surface area contributed by atoms with E-state index in [1.807, 2.05) is 29.2 Å². The number of piperidine rings is 1. The van der Waals surface area contributed by atoms with Crippen LogP contribution in [0.3, 0.4) is 0 Å². The average molecular weight is 311 g/mol. The van der Waals surface area contributed by atoms with Crippen molar-refractivity contribution in [2.45, 2.75) is 25.8 Å². The van der Waals surface area contributed by atoms with Gasteiger partial charge in [-0.1, -0.05) is 35.0 Å². The molecule has 2 rings (SSSR count). The van der Waals surface area contributed by atoms with Crippen LogP contribution in [0.4, 0.5) is 0 Å². The molecule has 2 N–H and O–H groups in total. The van der Waals surface area contributed by atoms with E-state index in [0.717, 1.165) is 29.5 Å². The molecule has 4 heteroatoms. The Hall–Kier alpha value is -0.870. The second-order valence-electron chi connectivity index (χ2n) is 5.08. The van der Waals surface area contributed by atoms with Gasteiger partial charge in [-0.2, -0.15) is 0 Å². The summed E-state index contributed by atoms with van der Waals surface area (Å²) in [7, 11) is 0. The number of nitrogens with two attached hydrogens (primary N) is 1. The highest BCUT2D eigenvalue weighted by Gasteiger charge is 2.26. The monoisotopic (exact) mass is 310 g/mol. The van der Waals surface area contributed by atoms with Crippen LogP contribution >= 0.6 is 15.9 Å². The molecule has 1 aliphatic rings. The third-order valence-corrected chi connectivity index (χ3v) is 4.06. The summed E-state index contributed by atoms with van der Waals surface area (Å²) in [4.78, 5) is 14.1. The first-order valence-electron chi connectivity index (χ1n) is 6.34. The number of benzene rings is 1. The predicted molar refractivity (Wildman–Crippen MR) is 76.2 cm³/mol. The van der Waals surface area contributed by atoms with Crippen molar-refractivity contribution in [2.24, 2.45) is 11.7 Å². The largest absolute Gasteiger partial charge is 0.342 e. The van der Waals surface area contributed by atoms with Crippen molar-refractivity contribution in [2.75, 3.05) is 13.1 Å². The Bertz CT molecular complexity index is 436. The molecule has 1 fully saturated rings. The van der Waals surface area contributed by atoms with Crippen LogP contribution < -0.4 is 5.73 Å². The molecule has 1 heterocycles. The molecule has 1 amide bonds. The number of hydrogen-bond acceptors (Lipinski definition) is 2. The highest BCUT2D eigenvalue weighted by Crippen LogP contribution is 2.17. The van der Waals surface area contributed by atoms with Crippen LogP contribution in [-0.2, 0) is 11.2 Å². The van der Waals surface area contributed by atoms with Crippen molar-refractivity contribution in [1.29, 1.82) is 0 Å². The normalized spacial score (nSPS) is 24.1. The maximum Gasteiger partial charge on any atom is 0.227 e. The van der Waals surface area contributed by atoms with Crippen molar-refractivity contribution in [3.63, 3.8) is 0 Å². The van der Waals surface area contributed by atoms with Crippen LogP contribution in [0.2, 0.25) is 0 Å². The minimum Gasteiger partial charge on any atom is -0.342 e. The molecule has 2 unspecified atom stereocenters. The van der Waals surface area contributed by atoms with Crippen molar-refractivity contribution >= 4 is 21.8 Å². The van der Waals surface area contributed by atoms with Crippen molar-refractivity contribution < 1.29 is 4.79 Å². The molecule has 1 saturated heterocycles. The van der Waals surface area contributed by atoms with Crippen LogP contribution in [0.15, 0.2) is 28.7 Å². The Labute approximate surface area is 116 Å². The fourth-order valence-electron chi connectivity index (χ4n) is 2.32. The zero-order valence-corrected chi connectivity index (χ0v) is 12.2. The predicted octanol–water partition coefficient (Wildman–Crippen LogP) is 2.19. The average Bonchev–Trinajstić information content (AvgIpc) is 2.32. The molecular weight excluding hydrogens is 292 g/mol. The molecule has 0 saturated carbocycles. The highest BCUT2D eigenvalue weighted by atomic mass is 79.9. The fraction of sp³-hybridized carbons (Fsp3) is 0.500. The molecule has 1 aromatic rings. The standard InChI is InChI=1S/C14H19BrN2O/c1-10-9-17(6-5-13(10)16)14(18)8-11-3-2-4-12(15)7-11/h2-4,7,10,13H,5-6,8-9,16H2,1H3. The molecular formula is C14H19BrN2O. The summed E-state index contributed by atoms with van der Waals surface area (Å²) in [6.07, 6.45) is 1.38.